The maximum Gasteiger partial charge on any atom is 0.225 e. The number of aryl methyl sites for hydroxylation is 2. The van der Waals surface area contributed by atoms with Gasteiger partial charge in [0, 0.05) is 17.5 Å². The lowest BCUT2D eigenvalue weighted by molar-refractivity contribution is 0.285. The molecule has 0 radical (unpaired) electrons. The van der Waals surface area contributed by atoms with Gasteiger partial charge in [-0.15, -0.1) is 0 Å². The summed E-state index contributed by atoms with van der Waals surface area (Å²) >= 11 is 0. The Balaban J connectivity index is 1.94. The van der Waals surface area contributed by atoms with Crippen LogP contribution in [0.25, 0.3) is 0 Å². The van der Waals surface area contributed by atoms with E-state index in [0.717, 1.165) is 11.4 Å². The van der Waals surface area contributed by atoms with Gasteiger partial charge >= 0.3 is 0 Å². The van der Waals surface area contributed by atoms with Crippen LogP contribution in [0, 0.1) is 19.7 Å². The average Bonchev–Trinajstić information content (AvgIpc) is 3.02. The van der Waals surface area contributed by atoms with Crippen LogP contribution in [0.3, 0.4) is 0 Å². The summed E-state index contributed by atoms with van der Waals surface area (Å²) in [7, 11) is 0. The predicted octanol–water partition coefficient (Wildman–Crippen LogP) is 3.30. The van der Waals surface area contributed by atoms with E-state index in [-0.39, 0.29) is 24.1 Å². The summed E-state index contributed by atoms with van der Waals surface area (Å²) in [5.74, 6) is 0.122. The van der Waals surface area contributed by atoms with Crippen LogP contribution < -0.4 is 4.74 Å². The molecule has 0 aliphatic carbocycles. The number of rotatable bonds is 4. The summed E-state index contributed by atoms with van der Waals surface area (Å²) in [6.45, 7) is 3.66. The molecular weight excluding hydrogens is 323 g/mol. The standard InChI is InChI=1S/C18H17FN4O2/c1-12-7-8-15(17(22-24)23-9-13(2)20-11-23)18(21-12)25-10-14-5-3-4-6-16(14)19/h3-9,11,24H,10H2,1-2H3/b22-17-. The van der Waals surface area contributed by atoms with Crippen LogP contribution in [0.4, 0.5) is 4.39 Å². The number of benzene rings is 1. The molecule has 0 saturated heterocycles. The Labute approximate surface area is 144 Å². The van der Waals surface area contributed by atoms with E-state index < -0.39 is 0 Å². The fraction of sp³-hybridized carbons (Fsp3) is 0.167. The molecule has 7 heteroatoms. The smallest absolute Gasteiger partial charge is 0.225 e. The minimum atomic E-state index is -0.349. The first-order valence-corrected chi connectivity index (χ1v) is 7.65. The summed E-state index contributed by atoms with van der Waals surface area (Å²) < 4.78 is 21.1. The number of ether oxygens (including phenoxy) is 1. The van der Waals surface area contributed by atoms with E-state index in [9.17, 15) is 9.60 Å². The first-order chi connectivity index (χ1) is 12.1. The second-order valence-electron chi connectivity index (χ2n) is 5.53. The third-order valence-electron chi connectivity index (χ3n) is 3.61. The van der Waals surface area contributed by atoms with Gasteiger partial charge in [-0.2, -0.15) is 0 Å². The molecule has 6 nitrogen and oxygen atoms in total. The quantitative estimate of drug-likeness (QED) is 0.342. The third kappa shape index (κ3) is 3.65. The Bertz CT molecular complexity index is 921. The highest BCUT2D eigenvalue weighted by Crippen LogP contribution is 2.20. The zero-order valence-corrected chi connectivity index (χ0v) is 13.8. The van der Waals surface area contributed by atoms with Crippen molar-refractivity contribution in [1.82, 2.24) is 14.5 Å². The Hall–Kier alpha value is -3.22. The summed E-state index contributed by atoms with van der Waals surface area (Å²) in [6, 6.07) is 9.89. The molecule has 3 aromatic rings. The lowest BCUT2D eigenvalue weighted by Gasteiger charge is -2.13. The van der Waals surface area contributed by atoms with Gasteiger partial charge in [-0.3, -0.25) is 4.57 Å². The van der Waals surface area contributed by atoms with Crippen LogP contribution in [0.15, 0.2) is 54.1 Å². The van der Waals surface area contributed by atoms with Crippen molar-refractivity contribution in [3.8, 4) is 5.88 Å². The second kappa shape index (κ2) is 7.12. The van der Waals surface area contributed by atoms with Crippen molar-refractivity contribution in [1.29, 1.82) is 0 Å². The summed E-state index contributed by atoms with van der Waals surface area (Å²) in [5, 5.41) is 12.8. The molecule has 0 bridgehead atoms. The lowest BCUT2D eigenvalue weighted by Crippen LogP contribution is -2.15. The van der Waals surface area contributed by atoms with Gasteiger partial charge in [0.05, 0.1) is 11.3 Å². The van der Waals surface area contributed by atoms with Crippen molar-refractivity contribution in [3.63, 3.8) is 0 Å². The Morgan fingerprint density at radius 2 is 2.00 bits per heavy atom. The number of oxime groups is 1. The monoisotopic (exact) mass is 340 g/mol. The SMILES string of the molecule is Cc1cn(/C(=N\O)c2ccc(C)nc2OCc2ccccc2F)cn1. The van der Waals surface area contributed by atoms with Crippen LogP contribution in [0.1, 0.15) is 22.5 Å². The molecule has 3 rings (SSSR count). The zero-order valence-electron chi connectivity index (χ0n) is 13.8. The molecule has 1 N–H and O–H groups in total. The number of hydrogen-bond donors (Lipinski definition) is 1. The van der Waals surface area contributed by atoms with Gasteiger partial charge < -0.3 is 9.94 Å². The molecule has 0 spiro atoms. The first kappa shape index (κ1) is 16.6. The Kier molecular flexibility index (Phi) is 4.74. The summed E-state index contributed by atoms with van der Waals surface area (Å²) in [6.07, 6.45) is 3.25. The van der Waals surface area contributed by atoms with Crippen molar-refractivity contribution < 1.29 is 14.3 Å². The molecule has 0 aliphatic rings. The summed E-state index contributed by atoms with van der Waals surface area (Å²) in [4.78, 5) is 8.47. The highest BCUT2D eigenvalue weighted by Gasteiger charge is 2.16. The molecule has 0 atom stereocenters. The van der Waals surface area contributed by atoms with E-state index in [1.165, 1.54) is 12.4 Å². The van der Waals surface area contributed by atoms with Gasteiger partial charge in [-0.25, -0.2) is 14.4 Å². The minimum absolute atomic E-state index is 0.0117. The van der Waals surface area contributed by atoms with Crippen molar-refractivity contribution >= 4 is 5.84 Å². The zero-order chi connectivity index (χ0) is 17.8. The minimum Gasteiger partial charge on any atom is -0.472 e. The van der Waals surface area contributed by atoms with Gasteiger partial charge in [0.2, 0.25) is 5.88 Å². The van der Waals surface area contributed by atoms with Crippen LogP contribution in [-0.4, -0.2) is 25.6 Å². The first-order valence-electron chi connectivity index (χ1n) is 7.65. The van der Waals surface area contributed by atoms with Gasteiger partial charge in [-0.1, -0.05) is 23.4 Å². The number of imidazole rings is 1. The van der Waals surface area contributed by atoms with Gasteiger partial charge in [0.25, 0.3) is 0 Å². The van der Waals surface area contributed by atoms with E-state index >= 15 is 0 Å². The lowest BCUT2D eigenvalue weighted by atomic mass is 10.2. The Morgan fingerprint density at radius 1 is 1.20 bits per heavy atom. The van der Waals surface area contributed by atoms with Crippen LogP contribution >= 0.6 is 0 Å². The molecule has 0 fully saturated rings. The molecule has 0 saturated carbocycles. The van der Waals surface area contributed by atoms with Crippen molar-refractivity contribution in [2.75, 3.05) is 0 Å². The topological polar surface area (TPSA) is 72.5 Å². The van der Waals surface area contributed by atoms with Gasteiger partial charge in [0.15, 0.2) is 5.84 Å². The summed E-state index contributed by atoms with van der Waals surface area (Å²) in [5.41, 5.74) is 2.39. The molecule has 2 heterocycles. The maximum atomic E-state index is 13.8. The molecular formula is C18H17FN4O2. The fourth-order valence-corrected chi connectivity index (χ4v) is 2.36. The van der Waals surface area contributed by atoms with Crippen LogP contribution in [0.5, 0.6) is 5.88 Å². The normalized spacial score (nSPS) is 11.6. The van der Waals surface area contributed by atoms with Crippen molar-refractivity contribution in [3.05, 3.63) is 77.3 Å². The van der Waals surface area contributed by atoms with E-state index in [1.54, 1.807) is 41.1 Å². The molecule has 0 aliphatic heterocycles. The second-order valence-corrected chi connectivity index (χ2v) is 5.53. The van der Waals surface area contributed by atoms with Gasteiger partial charge in [-0.05, 0) is 32.0 Å². The molecule has 0 unspecified atom stereocenters. The fourth-order valence-electron chi connectivity index (χ4n) is 2.36. The third-order valence-corrected chi connectivity index (χ3v) is 3.61. The molecule has 128 valence electrons. The van der Waals surface area contributed by atoms with E-state index in [1.807, 2.05) is 13.8 Å². The highest BCUT2D eigenvalue weighted by molar-refractivity contribution is 6.01. The van der Waals surface area contributed by atoms with E-state index in [4.69, 9.17) is 4.74 Å². The molecule has 1 aromatic carbocycles. The van der Waals surface area contributed by atoms with E-state index in [2.05, 4.69) is 15.1 Å². The van der Waals surface area contributed by atoms with Crippen molar-refractivity contribution in [2.45, 2.75) is 20.5 Å². The average molecular weight is 340 g/mol. The van der Waals surface area contributed by atoms with E-state index in [0.29, 0.717) is 11.1 Å². The number of hydrogen-bond acceptors (Lipinski definition) is 5. The van der Waals surface area contributed by atoms with Crippen LogP contribution in [-0.2, 0) is 6.61 Å². The number of pyridine rings is 1. The largest absolute Gasteiger partial charge is 0.472 e. The predicted molar refractivity (Wildman–Crippen MR) is 90.4 cm³/mol. The maximum absolute atomic E-state index is 13.8. The molecule has 25 heavy (non-hydrogen) atoms. The number of halogens is 1. The van der Waals surface area contributed by atoms with Gasteiger partial charge in [0.1, 0.15) is 18.8 Å². The Morgan fingerprint density at radius 3 is 2.68 bits per heavy atom. The van der Waals surface area contributed by atoms with Crippen LogP contribution in [0.2, 0.25) is 0 Å². The molecule has 2 aromatic heterocycles. The number of aromatic nitrogens is 3. The highest BCUT2D eigenvalue weighted by atomic mass is 19.1. The molecule has 0 amide bonds. The number of nitrogens with zero attached hydrogens (tertiary/aromatic N) is 4. The van der Waals surface area contributed by atoms with Crippen molar-refractivity contribution in [2.24, 2.45) is 5.16 Å².